The maximum atomic E-state index is 12.7. The monoisotopic (exact) mass is 461 g/mol. The smallest absolute Gasteiger partial charge is 0.223 e. The normalized spacial score (nSPS) is 20.0. The number of likely N-dealkylation sites (tertiary alicyclic amines) is 1. The van der Waals surface area contributed by atoms with E-state index in [1.54, 1.807) is 0 Å². The van der Waals surface area contributed by atoms with Gasteiger partial charge in [0.2, 0.25) is 5.91 Å². The van der Waals surface area contributed by atoms with E-state index in [2.05, 4.69) is 32.2 Å². The number of nitrogens with zero attached hydrogens (tertiary/aromatic N) is 6. The minimum Gasteiger partial charge on any atom is -0.356 e. The molecule has 4 heterocycles. The van der Waals surface area contributed by atoms with Gasteiger partial charge in [-0.05, 0) is 57.7 Å². The predicted molar refractivity (Wildman–Crippen MR) is 134 cm³/mol. The molecule has 2 aromatic heterocycles. The SMILES string of the molecule is CC1CCCCN1CCCNC(=O)C1CCN(c2ccc3nnc(-c4ccccc4)n3n2)CC1. The van der Waals surface area contributed by atoms with E-state index in [1.165, 1.54) is 25.8 Å². The second kappa shape index (κ2) is 10.5. The molecule has 8 heteroatoms. The van der Waals surface area contributed by atoms with E-state index in [0.29, 0.717) is 6.04 Å². The summed E-state index contributed by atoms with van der Waals surface area (Å²) in [4.78, 5) is 17.5. The summed E-state index contributed by atoms with van der Waals surface area (Å²) >= 11 is 0. The number of fused-ring (bicyclic) bond motifs is 1. The van der Waals surface area contributed by atoms with Gasteiger partial charge in [-0.1, -0.05) is 36.8 Å². The highest BCUT2D eigenvalue weighted by Crippen LogP contribution is 2.24. The van der Waals surface area contributed by atoms with Crippen LogP contribution in [0.3, 0.4) is 0 Å². The van der Waals surface area contributed by atoms with Crippen molar-refractivity contribution < 1.29 is 4.79 Å². The summed E-state index contributed by atoms with van der Waals surface area (Å²) in [5, 5.41) is 16.6. The Morgan fingerprint density at radius 2 is 1.82 bits per heavy atom. The quantitative estimate of drug-likeness (QED) is 0.544. The van der Waals surface area contributed by atoms with E-state index in [1.807, 2.05) is 47.0 Å². The van der Waals surface area contributed by atoms with Crippen LogP contribution in [0.25, 0.3) is 17.0 Å². The van der Waals surface area contributed by atoms with Gasteiger partial charge in [0, 0.05) is 43.7 Å². The van der Waals surface area contributed by atoms with Crippen molar-refractivity contribution in [1.29, 1.82) is 0 Å². The second-order valence-electron chi connectivity index (χ2n) is 9.64. The van der Waals surface area contributed by atoms with Crippen LogP contribution < -0.4 is 10.2 Å². The molecule has 0 aliphatic carbocycles. The molecule has 2 fully saturated rings. The molecule has 2 saturated heterocycles. The van der Waals surface area contributed by atoms with Gasteiger partial charge in [-0.15, -0.1) is 15.3 Å². The summed E-state index contributed by atoms with van der Waals surface area (Å²) in [6.45, 7) is 7.03. The molecule has 0 radical (unpaired) electrons. The summed E-state index contributed by atoms with van der Waals surface area (Å²) in [6.07, 6.45) is 6.69. The molecule has 1 aromatic carbocycles. The van der Waals surface area contributed by atoms with Crippen LogP contribution >= 0.6 is 0 Å². The lowest BCUT2D eigenvalue weighted by Crippen LogP contribution is -2.42. The van der Waals surface area contributed by atoms with Gasteiger partial charge < -0.3 is 15.1 Å². The molecular weight excluding hydrogens is 426 g/mol. The lowest BCUT2D eigenvalue weighted by Gasteiger charge is -2.33. The van der Waals surface area contributed by atoms with Crippen molar-refractivity contribution in [2.45, 2.75) is 51.5 Å². The molecule has 180 valence electrons. The first-order valence-corrected chi connectivity index (χ1v) is 12.7. The first kappa shape index (κ1) is 22.8. The number of amides is 1. The Balaban J connectivity index is 1.12. The van der Waals surface area contributed by atoms with Crippen LogP contribution in [-0.4, -0.2) is 69.4 Å². The van der Waals surface area contributed by atoms with Crippen molar-refractivity contribution >= 4 is 17.4 Å². The number of nitrogens with one attached hydrogen (secondary N) is 1. The van der Waals surface area contributed by atoms with Gasteiger partial charge >= 0.3 is 0 Å². The van der Waals surface area contributed by atoms with E-state index >= 15 is 0 Å². The van der Waals surface area contributed by atoms with Crippen LogP contribution in [0.4, 0.5) is 5.82 Å². The number of carbonyl (C=O) groups excluding carboxylic acids is 1. The van der Waals surface area contributed by atoms with Crippen LogP contribution in [-0.2, 0) is 4.79 Å². The molecule has 1 N–H and O–H groups in total. The third kappa shape index (κ3) is 5.06. The van der Waals surface area contributed by atoms with Gasteiger partial charge in [0.25, 0.3) is 0 Å². The van der Waals surface area contributed by atoms with Crippen LogP contribution in [0.15, 0.2) is 42.5 Å². The van der Waals surface area contributed by atoms with Gasteiger partial charge in [0.1, 0.15) is 5.82 Å². The first-order valence-electron chi connectivity index (χ1n) is 12.7. The van der Waals surface area contributed by atoms with E-state index < -0.39 is 0 Å². The molecular formula is C26H35N7O. The van der Waals surface area contributed by atoms with Crippen molar-refractivity contribution in [3.8, 4) is 11.4 Å². The van der Waals surface area contributed by atoms with Gasteiger partial charge in [-0.2, -0.15) is 4.52 Å². The molecule has 0 saturated carbocycles. The summed E-state index contributed by atoms with van der Waals surface area (Å²) in [5.74, 6) is 1.94. The third-order valence-corrected chi connectivity index (χ3v) is 7.33. The van der Waals surface area contributed by atoms with E-state index in [4.69, 9.17) is 5.10 Å². The summed E-state index contributed by atoms with van der Waals surface area (Å²) in [7, 11) is 0. The molecule has 1 atom stereocenters. The van der Waals surface area contributed by atoms with Crippen LogP contribution in [0, 0.1) is 5.92 Å². The standard InChI is InChI=1S/C26H35N7O/c1-20-8-5-6-16-31(20)17-7-15-27-26(34)22-13-18-32(19-14-22)24-12-11-23-28-29-25(33(23)30-24)21-9-3-2-4-10-21/h2-4,9-12,20,22H,5-8,13-19H2,1H3,(H,27,34). The zero-order valence-corrected chi connectivity index (χ0v) is 20.1. The van der Waals surface area contributed by atoms with E-state index in [0.717, 1.165) is 68.3 Å². The Hall–Kier alpha value is -3.00. The fourth-order valence-corrected chi connectivity index (χ4v) is 5.21. The Kier molecular flexibility index (Phi) is 7.04. The summed E-state index contributed by atoms with van der Waals surface area (Å²) in [6, 6.07) is 14.6. The van der Waals surface area contributed by atoms with Crippen molar-refractivity contribution in [2.24, 2.45) is 5.92 Å². The van der Waals surface area contributed by atoms with E-state index in [-0.39, 0.29) is 11.8 Å². The topological polar surface area (TPSA) is 78.7 Å². The maximum Gasteiger partial charge on any atom is 0.223 e. The zero-order valence-electron chi connectivity index (χ0n) is 20.1. The Morgan fingerprint density at radius 1 is 1.00 bits per heavy atom. The Morgan fingerprint density at radius 3 is 2.62 bits per heavy atom. The number of hydrogen-bond acceptors (Lipinski definition) is 6. The number of carbonyl (C=O) groups is 1. The molecule has 5 rings (SSSR count). The first-order chi connectivity index (χ1) is 16.7. The lowest BCUT2D eigenvalue weighted by atomic mass is 9.96. The predicted octanol–water partition coefficient (Wildman–Crippen LogP) is 3.39. The fraction of sp³-hybridized carbons (Fsp3) is 0.538. The van der Waals surface area contributed by atoms with Crippen LogP contribution in [0.1, 0.15) is 45.4 Å². The highest BCUT2D eigenvalue weighted by atomic mass is 16.1. The number of aromatic nitrogens is 4. The van der Waals surface area contributed by atoms with Crippen LogP contribution in [0.2, 0.25) is 0 Å². The van der Waals surface area contributed by atoms with Crippen molar-refractivity contribution in [3.63, 3.8) is 0 Å². The molecule has 0 spiro atoms. The molecule has 1 unspecified atom stereocenters. The molecule has 0 bridgehead atoms. The average Bonchev–Trinajstić information content (AvgIpc) is 3.31. The molecule has 34 heavy (non-hydrogen) atoms. The molecule has 8 nitrogen and oxygen atoms in total. The zero-order chi connectivity index (χ0) is 23.3. The lowest BCUT2D eigenvalue weighted by molar-refractivity contribution is -0.125. The third-order valence-electron chi connectivity index (χ3n) is 7.33. The Bertz CT molecular complexity index is 1090. The van der Waals surface area contributed by atoms with Gasteiger partial charge in [-0.25, -0.2) is 0 Å². The van der Waals surface area contributed by atoms with Crippen molar-refractivity contribution in [2.75, 3.05) is 37.6 Å². The number of anilines is 1. The highest BCUT2D eigenvalue weighted by Gasteiger charge is 2.26. The van der Waals surface area contributed by atoms with Crippen molar-refractivity contribution in [3.05, 3.63) is 42.5 Å². The average molecular weight is 462 g/mol. The van der Waals surface area contributed by atoms with Gasteiger partial charge in [0.05, 0.1) is 0 Å². The Labute approximate surface area is 201 Å². The number of hydrogen-bond donors (Lipinski definition) is 1. The molecule has 3 aromatic rings. The summed E-state index contributed by atoms with van der Waals surface area (Å²) < 4.78 is 1.81. The second-order valence-corrected chi connectivity index (χ2v) is 9.64. The number of rotatable bonds is 7. The molecule has 1 amide bonds. The van der Waals surface area contributed by atoms with Gasteiger partial charge in [0.15, 0.2) is 11.5 Å². The number of benzene rings is 1. The van der Waals surface area contributed by atoms with Crippen molar-refractivity contribution in [1.82, 2.24) is 30.0 Å². The minimum atomic E-state index is 0.0867. The number of piperidine rings is 2. The summed E-state index contributed by atoms with van der Waals surface area (Å²) in [5.41, 5.74) is 1.72. The highest BCUT2D eigenvalue weighted by molar-refractivity contribution is 5.79. The maximum absolute atomic E-state index is 12.7. The van der Waals surface area contributed by atoms with Gasteiger partial charge in [-0.3, -0.25) is 4.79 Å². The van der Waals surface area contributed by atoms with Crippen LogP contribution in [0.5, 0.6) is 0 Å². The molecule has 2 aliphatic rings. The fourth-order valence-electron chi connectivity index (χ4n) is 5.21. The van der Waals surface area contributed by atoms with E-state index in [9.17, 15) is 4.79 Å². The largest absolute Gasteiger partial charge is 0.356 e. The molecule has 2 aliphatic heterocycles. The minimum absolute atomic E-state index is 0.0867.